The van der Waals surface area contributed by atoms with Crippen LogP contribution in [0.5, 0.6) is 0 Å². The van der Waals surface area contributed by atoms with Gasteiger partial charge in [0.1, 0.15) is 5.54 Å². The van der Waals surface area contributed by atoms with Gasteiger partial charge in [-0.15, -0.1) is 6.58 Å². The quantitative estimate of drug-likeness (QED) is 0.464. The summed E-state index contributed by atoms with van der Waals surface area (Å²) in [6, 6.07) is 19.4. The topological polar surface area (TPSA) is 46.6 Å². The van der Waals surface area contributed by atoms with E-state index in [0.29, 0.717) is 6.42 Å². The zero-order valence-electron chi connectivity index (χ0n) is 17.9. The smallest absolute Gasteiger partial charge is 0.333 e. The number of rotatable bonds is 7. The first-order valence-corrected chi connectivity index (χ1v) is 10.3. The molecule has 3 atom stereocenters. The SMILES string of the molecule is C=CC[C@]1(C)OC(=O)[C@](C)(C/C=C/c2ccccc2)N([C@@H](C)c2ccccc2)C1=O. The predicted octanol–water partition coefficient (Wildman–Crippen LogP) is 5.33. The Kier molecular flexibility index (Phi) is 6.25. The molecule has 4 nitrogen and oxygen atoms in total. The third-order valence-electron chi connectivity index (χ3n) is 5.79. The van der Waals surface area contributed by atoms with Crippen LogP contribution in [0.3, 0.4) is 0 Å². The van der Waals surface area contributed by atoms with E-state index in [1.54, 1.807) is 24.8 Å². The summed E-state index contributed by atoms with van der Waals surface area (Å²) in [6.45, 7) is 9.14. The summed E-state index contributed by atoms with van der Waals surface area (Å²) in [7, 11) is 0. The lowest BCUT2D eigenvalue weighted by Gasteiger charge is -2.51. The van der Waals surface area contributed by atoms with E-state index in [-0.39, 0.29) is 18.4 Å². The number of morpholine rings is 1. The lowest BCUT2D eigenvalue weighted by molar-refractivity contribution is -0.203. The molecule has 1 heterocycles. The fourth-order valence-corrected chi connectivity index (χ4v) is 3.99. The first-order chi connectivity index (χ1) is 14.3. The van der Waals surface area contributed by atoms with Gasteiger partial charge < -0.3 is 9.64 Å². The third-order valence-corrected chi connectivity index (χ3v) is 5.79. The van der Waals surface area contributed by atoms with Crippen LogP contribution < -0.4 is 0 Å². The number of carbonyl (C=O) groups is 2. The van der Waals surface area contributed by atoms with Crippen LogP contribution in [0.15, 0.2) is 79.4 Å². The molecule has 0 saturated carbocycles. The molecular weight excluding hydrogens is 374 g/mol. The Bertz CT molecular complexity index is 937. The molecule has 0 radical (unpaired) electrons. The zero-order valence-corrected chi connectivity index (χ0v) is 17.9. The number of amides is 1. The highest BCUT2D eigenvalue weighted by Gasteiger charge is 2.57. The molecule has 1 aliphatic rings. The van der Waals surface area contributed by atoms with E-state index in [0.717, 1.165) is 11.1 Å². The monoisotopic (exact) mass is 403 g/mol. The number of hydrogen-bond donors (Lipinski definition) is 0. The second-order valence-electron chi connectivity index (χ2n) is 8.17. The molecule has 1 amide bonds. The van der Waals surface area contributed by atoms with Crippen LogP contribution >= 0.6 is 0 Å². The van der Waals surface area contributed by atoms with Gasteiger partial charge in [-0.3, -0.25) is 4.79 Å². The Morgan fingerprint density at radius 2 is 1.60 bits per heavy atom. The summed E-state index contributed by atoms with van der Waals surface area (Å²) in [5.74, 6) is -0.596. The van der Waals surface area contributed by atoms with E-state index in [2.05, 4.69) is 6.58 Å². The van der Waals surface area contributed by atoms with Gasteiger partial charge >= 0.3 is 5.97 Å². The molecule has 4 heteroatoms. The molecular formula is C26H29NO3. The van der Waals surface area contributed by atoms with Gasteiger partial charge in [-0.25, -0.2) is 4.79 Å². The van der Waals surface area contributed by atoms with Gasteiger partial charge in [0.15, 0.2) is 5.60 Å². The minimum absolute atomic E-state index is 0.200. The Morgan fingerprint density at radius 3 is 2.20 bits per heavy atom. The van der Waals surface area contributed by atoms with E-state index >= 15 is 0 Å². The van der Waals surface area contributed by atoms with E-state index in [1.807, 2.05) is 79.7 Å². The predicted molar refractivity (Wildman–Crippen MR) is 120 cm³/mol. The van der Waals surface area contributed by atoms with Crippen molar-refractivity contribution < 1.29 is 14.3 Å². The summed E-state index contributed by atoms with van der Waals surface area (Å²) < 4.78 is 5.73. The lowest BCUT2D eigenvalue weighted by atomic mass is 9.85. The molecule has 0 aromatic heterocycles. The lowest BCUT2D eigenvalue weighted by Crippen LogP contribution is -2.68. The minimum Gasteiger partial charge on any atom is -0.447 e. The van der Waals surface area contributed by atoms with Crippen LogP contribution in [0.25, 0.3) is 6.08 Å². The van der Waals surface area contributed by atoms with Gasteiger partial charge in [-0.1, -0.05) is 78.9 Å². The van der Waals surface area contributed by atoms with Crippen molar-refractivity contribution in [2.45, 2.75) is 50.8 Å². The largest absolute Gasteiger partial charge is 0.447 e. The van der Waals surface area contributed by atoms with Crippen molar-refractivity contribution in [2.75, 3.05) is 0 Å². The maximum absolute atomic E-state index is 13.6. The van der Waals surface area contributed by atoms with Crippen molar-refractivity contribution in [1.82, 2.24) is 4.90 Å². The maximum Gasteiger partial charge on any atom is 0.333 e. The first kappa shape index (κ1) is 21.6. The average molecular weight is 404 g/mol. The van der Waals surface area contributed by atoms with Crippen molar-refractivity contribution in [3.05, 3.63) is 90.5 Å². The normalized spacial score (nSPS) is 25.2. The van der Waals surface area contributed by atoms with Crippen LogP contribution in [0.4, 0.5) is 0 Å². The van der Waals surface area contributed by atoms with Crippen LogP contribution in [-0.4, -0.2) is 27.9 Å². The number of cyclic esters (lactones) is 1. The molecule has 3 rings (SSSR count). The second-order valence-corrected chi connectivity index (χ2v) is 8.17. The Morgan fingerprint density at radius 1 is 1.00 bits per heavy atom. The molecule has 30 heavy (non-hydrogen) atoms. The number of carbonyl (C=O) groups excluding carboxylic acids is 2. The van der Waals surface area contributed by atoms with E-state index in [4.69, 9.17) is 4.74 Å². The summed E-state index contributed by atoms with van der Waals surface area (Å²) >= 11 is 0. The van der Waals surface area contributed by atoms with Crippen LogP contribution in [0.2, 0.25) is 0 Å². The number of nitrogens with zero attached hydrogens (tertiary/aromatic N) is 1. The summed E-state index contributed by atoms with van der Waals surface area (Å²) in [5.41, 5.74) is -0.349. The van der Waals surface area contributed by atoms with Gasteiger partial charge in [-0.2, -0.15) is 0 Å². The van der Waals surface area contributed by atoms with Crippen molar-refractivity contribution >= 4 is 18.0 Å². The zero-order chi connectivity index (χ0) is 21.8. The number of esters is 1. The van der Waals surface area contributed by atoms with Crippen LogP contribution in [0.1, 0.15) is 50.8 Å². The highest BCUT2D eigenvalue weighted by Crippen LogP contribution is 2.40. The highest BCUT2D eigenvalue weighted by molar-refractivity contribution is 5.98. The summed E-state index contributed by atoms with van der Waals surface area (Å²) in [4.78, 5) is 28.6. The number of hydrogen-bond acceptors (Lipinski definition) is 3. The molecule has 156 valence electrons. The van der Waals surface area contributed by atoms with Gasteiger partial charge in [0.25, 0.3) is 5.91 Å². The molecule has 0 N–H and O–H groups in total. The Hall–Kier alpha value is -3.14. The van der Waals surface area contributed by atoms with E-state index in [1.165, 1.54) is 0 Å². The molecule has 0 aliphatic carbocycles. The standard InChI is InChI=1S/C26H29NO3/c1-5-18-26(4)23(28)27(20(2)22-16-10-7-11-17-22)25(3,24(29)30-26)19-12-15-21-13-8-6-9-14-21/h5-17,20H,1,18-19H2,2-4H3/b15-12+/t20-,25-,26-/m0/s1. The molecule has 0 unspecified atom stereocenters. The Labute approximate surface area is 178 Å². The summed E-state index contributed by atoms with van der Waals surface area (Å²) in [6.07, 6.45) is 6.14. The average Bonchev–Trinajstić information content (AvgIpc) is 2.74. The molecule has 1 saturated heterocycles. The summed E-state index contributed by atoms with van der Waals surface area (Å²) in [5, 5.41) is 0. The second kappa shape index (κ2) is 8.70. The maximum atomic E-state index is 13.6. The van der Waals surface area contributed by atoms with Crippen molar-refractivity contribution in [3.63, 3.8) is 0 Å². The van der Waals surface area contributed by atoms with Gasteiger partial charge in [0.2, 0.25) is 0 Å². The Balaban J connectivity index is 1.99. The van der Waals surface area contributed by atoms with Gasteiger partial charge in [-0.05, 0) is 38.3 Å². The highest BCUT2D eigenvalue weighted by atomic mass is 16.6. The third kappa shape index (κ3) is 4.09. The molecule has 0 bridgehead atoms. The number of ether oxygens (including phenoxy) is 1. The fourth-order valence-electron chi connectivity index (χ4n) is 3.99. The van der Waals surface area contributed by atoms with E-state index < -0.39 is 17.1 Å². The van der Waals surface area contributed by atoms with Crippen molar-refractivity contribution in [3.8, 4) is 0 Å². The molecule has 2 aromatic carbocycles. The van der Waals surface area contributed by atoms with E-state index in [9.17, 15) is 9.59 Å². The van der Waals surface area contributed by atoms with Crippen molar-refractivity contribution in [1.29, 1.82) is 0 Å². The number of benzene rings is 2. The molecule has 1 fully saturated rings. The van der Waals surface area contributed by atoms with Gasteiger partial charge in [0.05, 0.1) is 6.04 Å². The molecule has 1 aliphatic heterocycles. The van der Waals surface area contributed by atoms with Gasteiger partial charge in [0, 0.05) is 6.42 Å². The van der Waals surface area contributed by atoms with Crippen LogP contribution in [-0.2, 0) is 14.3 Å². The molecule has 2 aromatic rings. The fraction of sp³-hybridized carbons (Fsp3) is 0.308. The van der Waals surface area contributed by atoms with Crippen LogP contribution in [0, 0.1) is 0 Å². The molecule has 0 spiro atoms. The minimum atomic E-state index is -1.25. The van der Waals surface area contributed by atoms with Crippen molar-refractivity contribution in [2.24, 2.45) is 0 Å². The first-order valence-electron chi connectivity index (χ1n) is 10.3.